The molecule has 4 nitrogen and oxygen atoms in total. The molecular weight excluding hydrogens is 318 g/mol. The van der Waals surface area contributed by atoms with E-state index in [1.165, 1.54) is 12.1 Å². The first-order chi connectivity index (χ1) is 7.33. The van der Waals surface area contributed by atoms with Crippen LogP contribution in [0.1, 0.15) is 11.7 Å². The van der Waals surface area contributed by atoms with Crippen molar-refractivity contribution in [2.24, 2.45) is 0 Å². The highest BCUT2D eigenvalue weighted by Crippen LogP contribution is 2.27. The number of hydrogen-bond donors (Lipinski definition) is 2. The third-order valence-electron chi connectivity index (χ3n) is 1.82. The van der Waals surface area contributed by atoms with Crippen molar-refractivity contribution in [2.75, 3.05) is 16.3 Å². The summed E-state index contributed by atoms with van der Waals surface area (Å²) in [5, 5.41) is 10.2. The second kappa shape index (κ2) is 5.35. The zero-order valence-corrected chi connectivity index (χ0v) is 11.6. The van der Waals surface area contributed by atoms with Gasteiger partial charge in [-0.25, -0.2) is 8.42 Å². The van der Waals surface area contributed by atoms with Crippen LogP contribution in [0.5, 0.6) is 0 Å². The Labute approximate surface area is 108 Å². The van der Waals surface area contributed by atoms with Gasteiger partial charge in [0.2, 0.25) is 10.0 Å². The number of anilines is 1. The first kappa shape index (κ1) is 13.8. The fourth-order valence-electron chi connectivity index (χ4n) is 1.12. The zero-order chi connectivity index (χ0) is 12.3. The number of rotatable bonds is 4. The van der Waals surface area contributed by atoms with E-state index in [2.05, 4.69) is 20.7 Å². The van der Waals surface area contributed by atoms with Crippen LogP contribution in [0, 0.1) is 0 Å². The highest BCUT2D eigenvalue weighted by Gasteiger charge is 2.11. The predicted molar refractivity (Wildman–Crippen MR) is 68.7 cm³/mol. The summed E-state index contributed by atoms with van der Waals surface area (Å²) in [5.41, 5.74) is 0.856. The Hall–Kier alpha value is -0.300. The van der Waals surface area contributed by atoms with Crippen LogP contribution in [0.25, 0.3) is 0 Å². The van der Waals surface area contributed by atoms with E-state index < -0.39 is 16.1 Å². The van der Waals surface area contributed by atoms with Gasteiger partial charge in [0, 0.05) is 5.33 Å². The van der Waals surface area contributed by atoms with Crippen molar-refractivity contribution in [1.29, 1.82) is 0 Å². The molecule has 7 heteroatoms. The molecule has 90 valence electrons. The first-order valence-electron chi connectivity index (χ1n) is 4.35. The molecule has 1 atom stereocenters. The van der Waals surface area contributed by atoms with E-state index in [1.54, 1.807) is 6.07 Å². The van der Waals surface area contributed by atoms with Crippen LogP contribution in [0.4, 0.5) is 5.69 Å². The predicted octanol–water partition coefficient (Wildman–Crippen LogP) is 2.14. The minimum atomic E-state index is -3.38. The van der Waals surface area contributed by atoms with E-state index in [1.807, 2.05) is 0 Å². The lowest BCUT2D eigenvalue weighted by molar-refractivity contribution is 0.205. The average Bonchev–Trinajstić information content (AvgIpc) is 2.18. The molecule has 0 heterocycles. The molecule has 0 saturated carbocycles. The van der Waals surface area contributed by atoms with Crippen molar-refractivity contribution in [2.45, 2.75) is 6.10 Å². The summed E-state index contributed by atoms with van der Waals surface area (Å²) < 4.78 is 24.4. The van der Waals surface area contributed by atoms with Gasteiger partial charge in [0.05, 0.1) is 23.1 Å². The summed E-state index contributed by atoms with van der Waals surface area (Å²) >= 11 is 8.96. The molecule has 0 aliphatic heterocycles. The average molecular weight is 329 g/mol. The fraction of sp³-hybridized carbons (Fsp3) is 0.333. The third kappa shape index (κ3) is 3.93. The summed E-state index contributed by atoms with van der Waals surface area (Å²) in [6.45, 7) is 0. The Balaban J connectivity index is 3.09. The number of sulfonamides is 1. The molecule has 0 radical (unpaired) electrons. The van der Waals surface area contributed by atoms with E-state index in [4.69, 9.17) is 11.6 Å². The highest BCUT2D eigenvalue weighted by molar-refractivity contribution is 9.09. The normalized spacial score (nSPS) is 13.5. The van der Waals surface area contributed by atoms with Gasteiger partial charge in [0.15, 0.2) is 0 Å². The summed E-state index contributed by atoms with van der Waals surface area (Å²) in [5.74, 6) is 0. The quantitative estimate of drug-likeness (QED) is 0.832. The summed E-state index contributed by atoms with van der Waals surface area (Å²) in [6, 6.07) is 4.69. The van der Waals surface area contributed by atoms with Crippen molar-refractivity contribution in [1.82, 2.24) is 0 Å². The maximum Gasteiger partial charge on any atom is 0.229 e. The van der Waals surface area contributed by atoms with Crippen LogP contribution in [0.15, 0.2) is 18.2 Å². The van der Waals surface area contributed by atoms with Crippen molar-refractivity contribution in [3.63, 3.8) is 0 Å². The Morgan fingerprint density at radius 2 is 2.19 bits per heavy atom. The van der Waals surface area contributed by atoms with Crippen LogP contribution in [0.2, 0.25) is 5.02 Å². The van der Waals surface area contributed by atoms with Gasteiger partial charge in [0.1, 0.15) is 0 Å². The van der Waals surface area contributed by atoms with E-state index in [0.29, 0.717) is 10.9 Å². The summed E-state index contributed by atoms with van der Waals surface area (Å²) in [4.78, 5) is 0. The lowest BCUT2D eigenvalue weighted by atomic mass is 10.1. The van der Waals surface area contributed by atoms with Crippen LogP contribution in [-0.2, 0) is 10.0 Å². The molecule has 1 aromatic carbocycles. The number of aliphatic hydroxyl groups excluding tert-OH is 1. The summed E-state index contributed by atoms with van der Waals surface area (Å²) in [6.07, 6.45) is 0.342. The molecule has 0 amide bonds. The largest absolute Gasteiger partial charge is 0.388 e. The number of aliphatic hydroxyl groups is 1. The smallest absolute Gasteiger partial charge is 0.229 e. The molecule has 2 N–H and O–H groups in total. The van der Waals surface area contributed by atoms with Crippen LogP contribution < -0.4 is 4.72 Å². The minimum Gasteiger partial charge on any atom is -0.388 e. The van der Waals surface area contributed by atoms with Crippen molar-refractivity contribution in [3.05, 3.63) is 28.8 Å². The standard InChI is InChI=1S/C9H11BrClNO3S/c1-16(14,15)12-8-4-6(9(13)5-10)2-3-7(8)11/h2-4,9,12-13H,5H2,1H3/t9-/m1/s1. The van der Waals surface area contributed by atoms with Crippen molar-refractivity contribution < 1.29 is 13.5 Å². The zero-order valence-electron chi connectivity index (χ0n) is 8.44. The van der Waals surface area contributed by atoms with Gasteiger partial charge in [-0.05, 0) is 17.7 Å². The van der Waals surface area contributed by atoms with Crippen LogP contribution in [0.3, 0.4) is 0 Å². The molecule has 0 saturated heterocycles. The van der Waals surface area contributed by atoms with Gasteiger partial charge in [-0.1, -0.05) is 33.6 Å². The third-order valence-corrected chi connectivity index (χ3v) is 3.35. The number of alkyl halides is 1. The van der Waals surface area contributed by atoms with E-state index in [9.17, 15) is 13.5 Å². The molecule has 0 fully saturated rings. The molecule has 1 aromatic rings. The fourth-order valence-corrected chi connectivity index (χ4v) is 2.28. The topological polar surface area (TPSA) is 66.4 Å². The van der Waals surface area contributed by atoms with Gasteiger partial charge in [-0.2, -0.15) is 0 Å². The molecule has 0 bridgehead atoms. The van der Waals surface area contributed by atoms with Gasteiger partial charge >= 0.3 is 0 Å². The number of nitrogens with one attached hydrogen (secondary N) is 1. The lowest BCUT2D eigenvalue weighted by Crippen LogP contribution is -2.10. The Morgan fingerprint density at radius 3 is 2.69 bits per heavy atom. The Bertz CT molecular complexity index is 478. The highest BCUT2D eigenvalue weighted by atomic mass is 79.9. The second-order valence-corrected chi connectivity index (χ2v) is 6.09. The second-order valence-electron chi connectivity index (χ2n) is 3.28. The Kier molecular flexibility index (Phi) is 4.61. The van der Waals surface area contributed by atoms with E-state index in [-0.39, 0.29) is 10.7 Å². The maximum absolute atomic E-state index is 11.1. The molecule has 0 aromatic heterocycles. The minimum absolute atomic E-state index is 0.265. The van der Waals surface area contributed by atoms with Crippen molar-refractivity contribution in [3.8, 4) is 0 Å². The number of benzene rings is 1. The molecule has 0 spiro atoms. The molecule has 1 rings (SSSR count). The molecule has 16 heavy (non-hydrogen) atoms. The van der Waals surface area contributed by atoms with Gasteiger partial charge < -0.3 is 5.11 Å². The van der Waals surface area contributed by atoms with E-state index >= 15 is 0 Å². The molecular formula is C9H11BrClNO3S. The van der Waals surface area contributed by atoms with Crippen LogP contribution in [-0.4, -0.2) is 25.1 Å². The lowest BCUT2D eigenvalue weighted by Gasteiger charge is -2.11. The Morgan fingerprint density at radius 1 is 1.56 bits per heavy atom. The van der Waals surface area contributed by atoms with Crippen LogP contribution >= 0.6 is 27.5 Å². The van der Waals surface area contributed by atoms with Crippen molar-refractivity contribution >= 4 is 43.2 Å². The molecule has 0 unspecified atom stereocenters. The van der Waals surface area contributed by atoms with Gasteiger partial charge in [-0.15, -0.1) is 0 Å². The summed E-state index contributed by atoms with van der Waals surface area (Å²) in [7, 11) is -3.38. The van der Waals surface area contributed by atoms with Gasteiger partial charge in [0.25, 0.3) is 0 Å². The SMILES string of the molecule is CS(=O)(=O)Nc1cc([C@H](O)CBr)ccc1Cl. The van der Waals surface area contributed by atoms with E-state index in [0.717, 1.165) is 6.26 Å². The monoisotopic (exact) mass is 327 g/mol. The number of hydrogen-bond acceptors (Lipinski definition) is 3. The first-order valence-corrected chi connectivity index (χ1v) is 7.74. The van der Waals surface area contributed by atoms with Gasteiger partial charge in [-0.3, -0.25) is 4.72 Å². The number of halogens is 2. The maximum atomic E-state index is 11.1. The molecule has 0 aliphatic carbocycles. The molecule has 0 aliphatic rings.